The second kappa shape index (κ2) is 6.72. The normalized spacial score (nSPS) is 18.4. The zero-order valence-corrected chi connectivity index (χ0v) is 14.3. The number of rotatable bonds is 3. The lowest BCUT2D eigenvalue weighted by molar-refractivity contribution is 0.0737. The van der Waals surface area contributed by atoms with Gasteiger partial charge in [-0.25, -0.2) is 0 Å². The minimum Gasteiger partial charge on any atom is -0.379 e. The van der Waals surface area contributed by atoms with Crippen molar-refractivity contribution >= 4 is 16.8 Å². The number of aryl methyl sites for hydroxylation is 1. The number of fused-ring (bicyclic) bond motifs is 1. The highest BCUT2D eigenvalue weighted by atomic mass is 16.5. The van der Waals surface area contributed by atoms with Crippen LogP contribution in [0, 0.1) is 5.92 Å². The Kier molecular flexibility index (Phi) is 4.28. The van der Waals surface area contributed by atoms with Gasteiger partial charge in [0.1, 0.15) is 0 Å². The molecular weight excluding hydrogens is 316 g/mol. The zero-order chi connectivity index (χ0) is 17.2. The molecule has 0 saturated carbocycles. The molecule has 3 heterocycles. The van der Waals surface area contributed by atoms with Gasteiger partial charge in [0.15, 0.2) is 0 Å². The molecule has 1 amide bonds. The average Bonchev–Trinajstić information content (AvgIpc) is 3.18. The second-order valence-electron chi connectivity index (χ2n) is 6.70. The van der Waals surface area contributed by atoms with E-state index in [1.54, 1.807) is 17.1 Å². The minimum atomic E-state index is 0.0321. The van der Waals surface area contributed by atoms with Crippen LogP contribution >= 0.6 is 0 Å². The molecule has 1 aliphatic heterocycles. The summed E-state index contributed by atoms with van der Waals surface area (Å²) in [6.45, 7) is 2.60. The fourth-order valence-corrected chi connectivity index (χ4v) is 3.47. The predicted molar refractivity (Wildman–Crippen MR) is 95.4 cm³/mol. The van der Waals surface area contributed by atoms with E-state index in [-0.39, 0.29) is 5.91 Å². The topological polar surface area (TPSA) is 63.1 Å². The van der Waals surface area contributed by atoms with Gasteiger partial charge in [-0.05, 0) is 35.6 Å². The molecular formula is C19H22N4O2. The number of carbonyl (C=O) groups excluding carboxylic acids is 1. The van der Waals surface area contributed by atoms with Gasteiger partial charge in [-0.2, -0.15) is 5.10 Å². The van der Waals surface area contributed by atoms with E-state index in [1.165, 1.54) is 10.9 Å². The molecule has 25 heavy (non-hydrogen) atoms. The van der Waals surface area contributed by atoms with Crippen LogP contribution in [0.3, 0.4) is 0 Å². The first-order valence-electron chi connectivity index (χ1n) is 8.61. The van der Waals surface area contributed by atoms with Crippen LogP contribution in [0.4, 0.5) is 0 Å². The molecule has 1 atom stereocenters. The van der Waals surface area contributed by atoms with Gasteiger partial charge in [-0.3, -0.25) is 9.48 Å². The molecule has 6 heteroatoms. The summed E-state index contributed by atoms with van der Waals surface area (Å²) in [6, 6.07) is 8.56. The monoisotopic (exact) mass is 338 g/mol. The number of aromatic nitrogens is 3. The number of H-pyrrole nitrogens is 1. The Labute approximate surface area is 146 Å². The number of carbonyl (C=O) groups is 1. The number of hydrogen-bond donors (Lipinski definition) is 1. The molecule has 6 nitrogen and oxygen atoms in total. The highest BCUT2D eigenvalue weighted by Crippen LogP contribution is 2.19. The van der Waals surface area contributed by atoms with Gasteiger partial charge in [0.25, 0.3) is 5.91 Å². The molecule has 1 aliphatic rings. The summed E-state index contributed by atoms with van der Waals surface area (Å²) in [7, 11) is 1.82. The number of nitrogens with one attached hydrogen (secondary N) is 1. The molecule has 0 radical (unpaired) electrons. The van der Waals surface area contributed by atoms with Crippen LogP contribution in [0.2, 0.25) is 0 Å². The smallest absolute Gasteiger partial charge is 0.257 e. The van der Waals surface area contributed by atoms with Crippen molar-refractivity contribution in [3.63, 3.8) is 0 Å². The van der Waals surface area contributed by atoms with Crippen molar-refractivity contribution in [1.82, 2.24) is 19.7 Å². The van der Waals surface area contributed by atoms with E-state index >= 15 is 0 Å². The molecule has 2 aromatic heterocycles. The first-order valence-corrected chi connectivity index (χ1v) is 8.61. The third kappa shape index (κ3) is 3.44. The first-order chi connectivity index (χ1) is 12.2. The van der Waals surface area contributed by atoms with Gasteiger partial charge in [0, 0.05) is 44.0 Å². The summed E-state index contributed by atoms with van der Waals surface area (Å²) in [5.41, 5.74) is 3.06. The van der Waals surface area contributed by atoms with Gasteiger partial charge >= 0.3 is 0 Å². The van der Waals surface area contributed by atoms with Gasteiger partial charge < -0.3 is 14.6 Å². The second-order valence-corrected chi connectivity index (χ2v) is 6.70. The Hall–Kier alpha value is -2.60. The van der Waals surface area contributed by atoms with Crippen molar-refractivity contribution in [1.29, 1.82) is 0 Å². The van der Waals surface area contributed by atoms with E-state index < -0.39 is 0 Å². The van der Waals surface area contributed by atoms with Crippen molar-refractivity contribution in [2.75, 3.05) is 26.3 Å². The van der Waals surface area contributed by atoms with Crippen molar-refractivity contribution in [2.24, 2.45) is 13.0 Å². The maximum absolute atomic E-state index is 12.7. The van der Waals surface area contributed by atoms with E-state index in [0.717, 1.165) is 11.9 Å². The number of nitrogens with zero attached hydrogens (tertiary/aromatic N) is 3. The molecule has 1 saturated heterocycles. The van der Waals surface area contributed by atoms with E-state index in [0.29, 0.717) is 37.8 Å². The lowest BCUT2D eigenvalue weighted by Gasteiger charge is -2.23. The quantitative estimate of drug-likeness (QED) is 0.796. The number of benzene rings is 1. The van der Waals surface area contributed by atoms with Crippen LogP contribution in [0.15, 0.2) is 42.9 Å². The molecule has 0 aliphatic carbocycles. The van der Waals surface area contributed by atoms with E-state index in [2.05, 4.69) is 34.3 Å². The van der Waals surface area contributed by atoms with Crippen LogP contribution < -0.4 is 0 Å². The lowest BCUT2D eigenvalue weighted by Crippen LogP contribution is -2.36. The van der Waals surface area contributed by atoms with Gasteiger partial charge in [-0.15, -0.1) is 0 Å². The number of ether oxygens (including phenoxy) is 1. The molecule has 130 valence electrons. The summed E-state index contributed by atoms with van der Waals surface area (Å²) in [5.74, 6) is 0.323. The van der Waals surface area contributed by atoms with Gasteiger partial charge in [0.05, 0.1) is 25.0 Å². The van der Waals surface area contributed by atoms with Crippen LogP contribution in [-0.4, -0.2) is 51.9 Å². The summed E-state index contributed by atoms with van der Waals surface area (Å²) in [5, 5.41) is 5.32. The van der Waals surface area contributed by atoms with Gasteiger partial charge in [-0.1, -0.05) is 6.07 Å². The summed E-state index contributed by atoms with van der Waals surface area (Å²) in [6.07, 6.45) is 6.25. The number of aromatic amines is 1. The molecule has 0 spiro atoms. The zero-order valence-electron chi connectivity index (χ0n) is 14.3. The average molecular weight is 338 g/mol. The molecule has 0 unspecified atom stereocenters. The van der Waals surface area contributed by atoms with Gasteiger partial charge in [0.2, 0.25) is 0 Å². The van der Waals surface area contributed by atoms with Crippen molar-refractivity contribution in [3.05, 3.63) is 54.0 Å². The van der Waals surface area contributed by atoms with Crippen LogP contribution in [0.5, 0.6) is 0 Å². The predicted octanol–water partition coefficient (Wildman–Crippen LogP) is 2.23. The fourth-order valence-electron chi connectivity index (χ4n) is 3.47. The highest BCUT2D eigenvalue weighted by Gasteiger charge is 2.24. The van der Waals surface area contributed by atoms with Crippen molar-refractivity contribution < 1.29 is 9.53 Å². The minimum absolute atomic E-state index is 0.0321. The van der Waals surface area contributed by atoms with Crippen molar-refractivity contribution in [2.45, 2.75) is 6.42 Å². The highest BCUT2D eigenvalue weighted by molar-refractivity contribution is 5.93. The Balaban J connectivity index is 1.48. The molecule has 1 N–H and O–H groups in total. The SMILES string of the molecule is Cn1cc(C(=O)N2CCOC[C@@H](Cc3ccc4[nH]ccc4c3)C2)cn1. The standard InChI is InChI=1S/C19H22N4O2/c1-22-12-17(10-21-22)19(24)23-6-7-25-13-15(11-23)8-14-2-3-18-16(9-14)4-5-20-18/h2-5,9-10,12,15,20H,6-8,11,13H2,1H3/t15-/m0/s1. The Bertz CT molecular complexity index is 882. The Morgan fingerprint density at radius 1 is 1.40 bits per heavy atom. The summed E-state index contributed by atoms with van der Waals surface area (Å²) >= 11 is 0. The fraction of sp³-hybridized carbons (Fsp3) is 0.368. The first kappa shape index (κ1) is 15.9. The molecule has 1 fully saturated rings. The maximum atomic E-state index is 12.7. The van der Waals surface area contributed by atoms with E-state index in [1.807, 2.05) is 18.1 Å². The van der Waals surface area contributed by atoms with E-state index in [9.17, 15) is 4.79 Å². The molecule has 1 aromatic carbocycles. The Morgan fingerprint density at radius 3 is 3.16 bits per heavy atom. The third-order valence-electron chi connectivity index (χ3n) is 4.72. The summed E-state index contributed by atoms with van der Waals surface area (Å²) in [4.78, 5) is 17.8. The van der Waals surface area contributed by atoms with E-state index in [4.69, 9.17) is 4.74 Å². The molecule has 0 bridgehead atoms. The van der Waals surface area contributed by atoms with Crippen LogP contribution in [-0.2, 0) is 18.2 Å². The van der Waals surface area contributed by atoms with Crippen LogP contribution in [0.1, 0.15) is 15.9 Å². The third-order valence-corrected chi connectivity index (χ3v) is 4.72. The molecule has 4 rings (SSSR count). The number of hydrogen-bond acceptors (Lipinski definition) is 3. The number of amides is 1. The lowest BCUT2D eigenvalue weighted by atomic mass is 9.98. The summed E-state index contributed by atoms with van der Waals surface area (Å²) < 4.78 is 7.41. The maximum Gasteiger partial charge on any atom is 0.257 e. The van der Waals surface area contributed by atoms with Crippen LogP contribution in [0.25, 0.3) is 10.9 Å². The molecule has 3 aromatic rings. The largest absolute Gasteiger partial charge is 0.379 e. The Morgan fingerprint density at radius 2 is 2.32 bits per heavy atom. The van der Waals surface area contributed by atoms with Crippen molar-refractivity contribution in [3.8, 4) is 0 Å².